The number of aryl methyl sites for hydroxylation is 2. The molecule has 82 valence electrons. The van der Waals surface area contributed by atoms with Crippen molar-refractivity contribution in [3.63, 3.8) is 0 Å². The van der Waals surface area contributed by atoms with E-state index in [1.807, 2.05) is 0 Å². The highest BCUT2D eigenvalue weighted by Gasteiger charge is 2.15. The van der Waals surface area contributed by atoms with Gasteiger partial charge in [-0.05, 0) is 49.9 Å². The first-order chi connectivity index (χ1) is 7.83. The Morgan fingerprint density at radius 1 is 1.06 bits per heavy atom. The first-order valence-corrected chi connectivity index (χ1v) is 6.39. The molecule has 0 saturated heterocycles. The molecule has 1 aromatic heterocycles. The van der Waals surface area contributed by atoms with E-state index in [1.54, 1.807) is 23.5 Å². The maximum absolute atomic E-state index is 12.8. The number of halogens is 1. The van der Waals surface area contributed by atoms with Gasteiger partial charge >= 0.3 is 0 Å². The van der Waals surface area contributed by atoms with Crippen LogP contribution in [-0.2, 0) is 12.8 Å². The second-order valence-corrected chi connectivity index (χ2v) is 5.19. The third-order valence-corrected chi connectivity index (χ3v) is 4.14. The van der Waals surface area contributed by atoms with Crippen LogP contribution >= 0.6 is 11.3 Å². The summed E-state index contributed by atoms with van der Waals surface area (Å²) in [6.07, 6.45) is 4.79. The molecular weight excluding hydrogens is 221 g/mol. The fourth-order valence-corrected chi connectivity index (χ4v) is 3.22. The van der Waals surface area contributed by atoms with Crippen molar-refractivity contribution in [3.8, 4) is 10.6 Å². The van der Waals surface area contributed by atoms with E-state index < -0.39 is 0 Å². The molecule has 0 aliphatic heterocycles. The molecule has 0 amide bonds. The number of aromatic nitrogens is 1. The van der Waals surface area contributed by atoms with E-state index in [4.69, 9.17) is 0 Å². The normalized spacial score (nSPS) is 14.8. The largest absolute Gasteiger partial charge is 0.241 e. The van der Waals surface area contributed by atoms with Crippen molar-refractivity contribution in [2.24, 2.45) is 0 Å². The molecule has 0 bridgehead atoms. The van der Waals surface area contributed by atoms with Crippen LogP contribution in [-0.4, -0.2) is 4.98 Å². The Labute approximate surface area is 98.0 Å². The molecule has 0 unspecified atom stereocenters. The fourth-order valence-electron chi connectivity index (χ4n) is 2.07. The van der Waals surface area contributed by atoms with Gasteiger partial charge in [-0.3, -0.25) is 0 Å². The summed E-state index contributed by atoms with van der Waals surface area (Å²) in [4.78, 5) is 6.07. The molecule has 1 aromatic carbocycles. The highest BCUT2D eigenvalue weighted by atomic mass is 32.1. The SMILES string of the molecule is Fc1ccc(-c2nc3c(s2)CCCC3)cc1. The predicted octanol–water partition coefficient (Wildman–Crippen LogP) is 3.83. The summed E-state index contributed by atoms with van der Waals surface area (Å²) < 4.78 is 12.8. The lowest BCUT2D eigenvalue weighted by atomic mass is 10.0. The van der Waals surface area contributed by atoms with Crippen molar-refractivity contribution in [1.29, 1.82) is 0 Å². The van der Waals surface area contributed by atoms with Crippen LogP contribution in [0.1, 0.15) is 23.4 Å². The zero-order chi connectivity index (χ0) is 11.0. The summed E-state index contributed by atoms with van der Waals surface area (Å²) in [5, 5.41) is 1.03. The summed E-state index contributed by atoms with van der Waals surface area (Å²) in [5.74, 6) is -0.190. The lowest BCUT2D eigenvalue weighted by Gasteiger charge is -2.06. The van der Waals surface area contributed by atoms with Crippen LogP contribution < -0.4 is 0 Å². The van der Waals surface area contributed by atoms with Gasteiger partial charge in [0.25, 0.3) is 0 Å². The van der Waals surface area contributed by atoms with Crippen LogP contribution in [0.3, 0.4) is 0 Å². The first-order valence-electron chi connectivity index (χ1n) is 5.57. The van der Waals surface area contributed by atoms with E-state index in [-0.39, 0.29) is 5.82 Å². The van der Waals surface area contributed by atoms with E-state index >= 15 is 0 Å². The van der Waals surface area contributed by atoms with Crippen LogP contribution in [0.5, 0.6) is 0 Å². The first kappa shape index (κ1) is 9.97. The molecule has 0 fully saturated rings. The van der Waals surface area contributed by atoms with Crippen molar-refractivity contribution in [2.45, 2.75) is 25.7 Å². The fraction of sp³-hybridized carbons (Fsp3) is 0.308. The molecule has 16 heavy (non-hydrogen) atoms. The van der Waals surface area contributed by atoms with Gasteiger partial charge in [0, 0.05) is 10.4 Å². The van der Waals surface area contributed by atoms with E-state index in [9.17, 15) is 4.39 Å². The topological polar surface area (TPSA) is 12.9 Å². The Hall–Kier alpha value is -1.22. The van der Waals surface area contributed by atoms with Crippen molar-refractivity contribution >= 4 is 11.3 Å². The van der Waals surface area contributed by atoms with Crippen LogP contribution in [0, 0.1) is 5.82 Å². The van der Waals surface area contributed by atoms with E-state index in [0.29, 0.717) is 0 Å². The molecule has 0 spiro atoms. The number of hydrogen-bond acceptors (Lipinski definition) is 2. The van der Waals surface area contributed by atoms with Gasteiger partial charge in [0.2, 0.25) is 0 Å². The molecule has 0 N–H and O–H groups in total. The predicted molar refractivity (Wildman–Crippen MR) is 64.2 cm³/mol. The average Bonchev–Trinajstić information content (AvgIpc) is 2.73. The molecule has 3 rings (SSSR count). The molecule has 1 aliphatic rings. The van der Waals surface area contributed by atoms with E-state index in [0.717, 1.165) is 23.4 Å². The molecule has 3 heteroatoms. The van der Waals surface area contributed by atoms with E-state index in [2.05, 4.69) is 4.98 Å². The Kier molecular flexibility index (Phi) is 2.48. The Bertz CT molecular complexity index is 478. The number of hydrogen-bond donors (Lipinski definition) is 0. The maximum atomic E-state index is 12.8. The quantitative estimate of drug-likeness (QED) is 0.729. The van der Waals surface area contributed by atoms with Crippen LogP contribution in [0.15, 0.2) is 24.3 Å². The highest BCUT2D eigenvalue weighted by molar-refractivity contribution is 7.15. The number of nitrogens with zero attached hydrogens (tertiary/aromatic N) is 1. The second-order valence-electron chi connectivity index (χ2n) is 4.10. The number of thiazole rings is 1. The number of fused-ring (bicyclic) bond motifs is 1. The van der Waals surface area contributed by atoms with Gasteiger partial charge < -0.3 is 0 Å². The lowest BCUT2D eigenvalue weighted by Crippen LogP contribution is -1.98. The van der Waals surface area contributed by atoms with E-state index in [1.165, 1.54) is 35.5 Å². The second kappa shape index (κ2) is 3.98. The monoisotopic (exact) mass is 233 g/mol. The Morgan fingerprint density at radius 3 is 2.56 bits per heavy atom. The van der Waals surface area contributed by atoms with Gasteiger partial charge in [-0.2, -0.15) is 0 Å². The maximum Gasteiger partial charge on any atom is 0.123 e. The Balaban J connectivity index is 2.00. The van der Waals surface area contributed by atoms with Crippen molar-refractivity contribution < 1.29 is 4.39 Å². The van der Waals surface area contributed by atoms with Crippen LogP contribution in [0.4, 0.5) is 4.39 Å². The molecule has 0 radical (unpaired) electrons. The molecule has 0 saturated carbocycles. The highest BCUT2D eigenvalue weighted by Crippen LogP contribution is 2.32. The standard InChI is InChI=1S/C13H12FNS/c14-10-7-5-9(6-8-10)13-15-11-3-1-2-4-12(11)16-13/h5-8H,1-4H2. The summed E-state index contributed by atoms with van der Waals surface area (Å²) >= 11 is 1.76. The minimum Gasteiger partial charge on any atom is -0.241 e. The van der Waals surface area contributed by atoms with Gasteiger partial charge in [-0.25, -0.2) is 9.37 Å². The summed E-state index contributed by atoms with van der Waals surface area (Å²) in [7, 11) is 0. The Morgan fingerprint density at radius 2 is 1.81 bits per heavy atom. The van der Waals surface area contributed by atoms with Gasteiger partial charge in [0.05, 0.1) is 5.69 Å². The number of rotatable bonds is 1. The zero-order valence-electron chi connectivity index (χ0n) is 8.87. The summed E-state index contributed by atoms with van der Waals surface area (Å²) in [6, 6.07) is 6.60. The van der Waals surface area contributed by atoms with Crippen molar-refractivity contribution in [3.05, 3.63) is 40.7 Å². The molecule has 0 atom stereocenters. The summed E-state index contributed by atoms with van der Waals surface area (Å²) in [5.41, 5.74) is 2.29. The lowest BCUT2D eigenvalue weighted by molar-refractivity contribution is 0.628. The molecule has 2 aromatic rings. The van der Waals surface area contributed by atoms with Gasteiger partial charge in [0.15, 0.2) is 0 Å². The molecule has 1 nitrogen and oxygen atoms in total. The van der Waals surface area contributed by atoms with Crippen molar-refractivity contribution in [2.75, 3.05) is 0 Å². The summed E-state index contributed by atoms with van der Waals surface area (Å²) in [6.45, 7) is 0. The zero-order valence-corrected chi connectivity index (χ0v) is 9.69. The van der Waals surface area contributed by atoms with Crippen molar-refractivity contribution in [1.82, 2.24) is 4.98 Å². The molecular formula is C13H12FNS. The van der Waals surface area contributed by atoms with Crippen LogP contribution in [0.25, 0.3) is 10.6 Å². The van der Waals surface area contributed by atoms with Crippen LogP contribution in [0.2, 0.25) is 0 Å². The van der Waals surface area contributed by atoms with Gasteiger partial charge in [0.1, 0.15) is 10.8 Å². The van der Waals surface area contributed by atoms with Gasteiger partial charge in [-0.15, -0.1) is 11.3 Å². The average molecular weight is 233 g/mol. The molecule has 1 heterocycles. The smallest absolute Gasteiger partial charge is 0.123 e. The van der Waals surface area contributed by atoms with Gasteiger partial charge in [-0.1, -0.05) is 0 Å². The minimum atomic E-state index is -0.190. The minimum absolute atomic E-state index is 0.190. The third-order valence-electron chi connectivity index (χ3n) is 2.94. The number of benzene rings is 1. The third kappa shape index (κ3) is 1.76. The molecule has 1 aliphatic carbocycles.